The minimum Gasteiger partial charge on any atom is -0.481 e. The number of carbonyl (C=O) groups is 1. The molecule has 0 spiro atoms. The largest absolute Gasteiger partial charge is 0.481 e. The van der Waals surface area contributed by atoms with Gasteiger partial charge in [0.1, 0.15) is 5.75 Å². The fraction of sp³-hybridized carbons (Fsp3) is 0.278. The van der Waals surface area contributed by atoms with Crippen LogP contribution >= 0.6 is 0 Å². The van der Waals surface area contributed by atoms with E-state index in [2.05, 4.69) is 5.32 Å². The summed E-state index contributed by atoms with van der Waals surface area (Å²) in [6, 6.07) is 15.5. The third-order valence-electron chi connectivity index (χ3n) is 3.22. The average molecular weight is 283 g/mol. The smallest absolute Gasteiger partial charge is 0.265 e. The molecule has 0 aliphatic rings. The highest BCUT2D eigenvalue weighted by atomic mass is 16.5. The standard InChI is InChI=1S/C18H21NO2/c1-4-17(21-16-10-6-8-14(3)12-16)18(20)19-15-9-5-7-13(2)11-15/h5-12,17H,4H2,1-3H3,(H,19,20)/t17-/m0/s1. The van der Waals surface area contributed by atoms with Crippen LogP contribution in [0.1, 0.15) is 24.5 Å². The number of rotatable bonds is 5. The van der Waals surface area contributed by atoms with Crippen molar-refractivity contribution in [3.05, 3.63) is 59.7 Å². The second-order valence-corrected chi connectivity index (χ2v) is 5.19. The number of hydrogen-bond donors (Lipinski definition) is 1. The maximum absolute atomic E-state index is 12.3. The fourth-order valence-corrected chi connectivity index (χ4v) is 2.12. The first kappa shape index (κ1) is 15.1. The summed E-state index contributed by atoms with van der Waals surface area (Å²) in [5.74, 6) is 0.603. The lowest BCUT2D eigenvalue weighted by Crippen LogP contribution is -2.32. The van der Waals surface area contributed by atoms with Crippen molar-refractivity contribution in [3.8, 4) is 5.75 Å². The number of amides is 1. The van der Waals surface area contributed by atoms with E-state index in [4.69, 9.17) is 4.74 Å². The first-order chi connectivity index (χ1) is 10.1. The maximum atomic E-state index is 12.3. The van der Waals surface area contributed by atoms with Crippen molar-refractivity contribution in [2.24, 2.45) is 0 Å². The van der Waals surface area contributed by atoms with Crippen LogP contribution in [-0.4, -0.2) is 12.0 Å². The lowest BCUT2D eigenvalue weighted by molar-refractivity contribution is -0.122. The van der Waals surface area contributed by atoms with E-state index >= 15 is 0 Å². The topological polar surface area (TPSA) is 38.3 Å². The zero-order valence-corrected chi connectivity index (χ0v) is 12.7. The summed E-state index contributed by atoms with van der Waals surface area (Å²) in [5, 5.41) is 2.90. The van der Waals surface area contributed by atoms with Gasteiger partial charge in [0.25, 0.3) is 5.91 Å². The molecule has 3 nitrogen and oxygen atoms in total. The minimum atomic E-state index is -0.493. The molecule has 0 aliphatic carbocycles. The van der Waals surface area contributed by atoms with Crippen LogP contribution in [0, 0.1) is 13.8 Å². The van der Waals surface area contributed by atoms with Gasteiger partial charge in [-0.25, -0.2) is 0 Å². The van der Waals surface area contributed by atoms with E-state index in [1.54, 1.807) is 0 Å². The monoisotopic (exact) mass is 283 g/mol. The lowest BCUT2D eigenvalue weighted by atomic mass is 10.2. The molecule has 0 radical (unpaired) electrons. The summed E-state index contributed by atoms with van der Waals surface area (Å²) in [4.78, 5) is 12.3. The molecule has 1 amide bonds. The summed E-state index contributed by atoms with van der Waals surface area (Å²) in [6.45, 7) is 5.94. The van der Waals surface area contributed by atoms with Gasteiger partial charge >= 0.3 is 0 Å². The van der Waals surface area contributed by atoms with Gasteiger partial charge in [-0.1, -0.05) is 31.2 Å². The van der Waals surface area contributed by atoms with E-state index in [0.717, 1.165) is 22.6 Å². The molecule has 110 valence electrons. The summed E-state index contributed by atoms with van der Waals surface area (Å²) in [6.07, 6.45) is 0.123. The van der Waals surface area contributed by atoms with Crippen LogP contribution < -0.4 is 10.1 Å². The van der Waals surface area contributed by atoms with E-state index in [0.29, 0.717) is 6.42 Å². The van der Waals surface area contributed by atoms with Gasteiger partial charge in [-0.3, -0.25) is 4.79 Å². The molecule has 0 heterocycles. The number of anilines is 1. The molecule has 1 atom stereocenters. The zero-order chi connectivity index (χ0) is 15.2. The quantitative estimate of drug-likeness (QED) is 0.897. The molecule has 0 saturated carbocycles. The molecule has 1 N–H and O–H groups in total. The minimum absolute atomic E-state index is 0.121. The first-order valence-electron chi connectivity index (χ1n) is 7.19. The van der Waals surface area contributed by atoms with E-state index in [-0.39, 0.29) is 5.91 Å². The molecule has 0 unspecified atom stereocenters. The molecule has 2 aromatic carbocycles. The van der Waals surface area contributed by atoms with Crippen LogP contribution in [0.25, 0.3) is 0 Å². The van der Waals surface area contributed by atoms with Crippen LogP contribution in [0.15, 0.2) is 48.5 Å². The summed E-state index contributed by atoms with van der Waals surface area (Å²) in [7, 11) is 0. The maximum Gasteiger partial charge on any atom is 0.265 e. The van der Waals surface area contributed by atoms with Crippen molar-refractivity contribution in [2.75, 3.05) is 5.32 Å². The number of aryl methyl sites for hydroxylation is 2. The first-order valence-corrected chi connectivity index (χ1v) is 7.19. The molecule has 0 aliphatic heterocycles. The number of carbonyl (C=O) groups excluding carboxylic acids is 1. The Morgan fingerprint density at radius 1 is 1.10 bits per heavy atom. The molecule has 0 saturated heterocycles. The van der Waals surface area contributed by atoms with Crippen LogP contribution in [0.3, 0.4) is 0 Å². The Kier molecular flexibility index (Phi) is 4.99. The van der Waals surface area contributed by atoms with Crippen molar-refractivity contribution in [1.29, 1.82) is 0 Å². The van der Waals surface area contributed by atoms with E-state index in [1.165, 1.54) is 0 Å². The van der Waals surface area contributed by atoms with Crippen LogP contribution in [0.5, 0.6) is 5.75 Å². The van der Waals surface area contributed by atoms with Crippen LogP contribution in [0.2, 0.25) is 0 Å². The van der Waals surface area contributed by atoms with Gasteiger partial charge in [0, 0.05) is 5.69 Å². The van der Waals surface area contributed by atoms with Crippen LogP contribution in [-0.2, 0) is 4.79 Å². The number of hydrogen-bond acceptors (Lipinski definition) is 2. The predicted octanol–water partition coefficient (Wildman–Crippen LogP) is 4.10. The number of benzene rings is 2. The van der Waals surface area contributed by atoms with E-state index in [9.17, 15) is 4.79 Å². The highest BCUT2D eigenvalue weighted by Gasteiger charge is 2.18. The summed E-state index contributed by atoms with van der Waals surface area (Å²) >= 11 is 0. The van der Waals surface area contributed by atoms with Crippen molar-refractivity contribution >= 4 is 11.6 Å². The highest BCUT2D eigenvalue weighted by molar-refractivity contribution is 5.94. The Morgan fingerprint density at radius 3 is 2.38 bits per heavy atom. The summed E-state index contributed by atoms with van der Waals surface area (Å²) in [5.41, 5.74) is 3.02. The van der Waals surface area contributed by atoms with Gasteiger partial charge in [-0.15, -0.1) is 0 Å². The number of ether oxygens (including phenoxy) is 1. The molecule has 0 bridgehead atoms. The zero-order valence-electron chi connectivity index (χ0n) is 12.7. The van der Waals surface area contributed by atoms with Gasteiger partial charge in [-0.05, 0) is 55.7 Å². The highest BCUT2D eigenvalue weighted by Crippen LogP contribution is 2.17. The van der Waals surface area contributed by atoms with Crippen molar-refractivity contribution in [1.82, 2.24) is 0 Å². The predicted molar refractivity (Wildman–Crippen MR) is 85.7 cm³/mol. The van der Waals surface area contributed by atoms with Gasteiger partial charge in [0.2, 0.25) is 0 Å². The molecule has 2 rings (SSSR count). The Bertz CT molecular complexity index is 622. The third kappa shape index (κ3) is 4.35. The molecular formula is C18H21NO2. The Hall–Kier alpha value is -2.29. The normalized spacial score (nSPS) is 11.8. The lowest BCUT2D eigenvalue weighted by Gasteiger charge is -2.17. The van der Waals surface area contributed by atoms with Gasteiger partial charge in [0.15, 0.2) is 6.10 Å². The Balaban J connectivity index is 2.05. The molecule has 0 aromatic heterocycles. The molecule has 3 heteroatoms. The van der Waals surface area contributed by atoms with Gasteiger partial charge in [0.05, 0.1) is 0 Å². The fourth-order valence-electron chi connectivity index (χ4n) is 2.12. The van der Waals surface area contributed by atoms with Crippen molar-refractivity contribution in [2.45, 2.75) is 33.3 Å². The van der Waals surface area contributed by atoms with Gasteiger partial charge < -0.3 is 10.1 Å². The summed E-state index contributed by atoms with van der Waals surface area (Å²) < 4.78 is 5.80. The van der Waals surface area contributed by atoms with Crippen molar-refractivity contribution < 1.29 is 9.53 Å². The van der Waals surface area contributed by atoms with E-state index < -0.39 is 6.10 Å². The third-order valence-corrected chi connectivity index (χ3v) is 3.22. The second kappa shape index (κ2) is 6.93. The van der Waals surface area contributed by atoms with E-state index in [1.807, 2.05) is 69.3 Å². The SMILES string of the molecule is CC[C@H](Oc1cccc(C)c1)C(=O)Nc1cccc(C)c1. The second-order valence-electron chi connectivity index (χ2n) is 5.19. The number of nitrogens with one attached hydrogen (secondary N) is 1. The molecule has 2 aromatic rings. The van der Waals surface area contributed by atoms with Gasteiger partial charge in [-0.2, -0.15) is 0 Å². The molecule has 0 fully saturated rings. The average Bonchev–Trinajstić information content (AvgIpc) is 2.44. The Morgan fingerprint density at radius 2 is 1.76 bits per heavy atom. The molecular weight excluding hydrogens is 262 g/mol. The molecule has 21 heavy (non-hydrogen) atoms. The van der Waals surface area contributed by atoms with Crippen LogP contribution in [0.4, 0.5) is 5.69 Å². The van der Waals surface area contributed by atoms with Crippen molar-refractivity contribution in [3.63, 3.8) is 0 Å². The Labute approximate surface area is 126 Å².